The average Bonchev–Trinajstić information content (AvgIpc) is 3.17. The second-order valence-electron chi connectivity index (χ2n) is 11.9. The van der Waals surface area contributed by atoms with Crippen molar-refractivity contribution in [2.75, 3.05) is 13.2 Å². The van der Waals surface area contributed by atoms with Gasteiger partial charge in [-0.25, -0.2) is 0 Å². The van der Waals surface area contributed by atoms with Crippen molar-refractivity contribution in [3.8, 4) is 0 Å². The van der Waals surface area contributed by atoms with Crippen LogP contribution >= 0.6 is 0 Å². The van der Waals surface area contributed by atoms with Crippen LogP contribution in [0.4, 0.5) is 22.0 Å². The summed E-state index contributed by atoms with van der Waals surface area (Å²) in [5, 5.41) is 20.4. The third-order valence-corrected chi connectivity index (χ3v) is 10.0. The van der Waals surface area contributed by atoms with Crippen LogP contribution in [0.25, 0.3) is 0 Å². The van der Waals surface area contributed by atoms with E-state index in [1.54, 1.807) is 6.08 Å². The molecule has 39 heavy (non-hydrogen) atoms. The summed E-state index contributed by atoms with van der Waals surface area (Å²) in [4.78, 5) is 12.2. The van der Waals surface area contributed by atoms with Gasteiger partial charge in [0.2, 0.25) is 0 Å². The zero-order valence-electron chi connectivity index (χ0n) is 22.2. The fourth-order valence-corrected chi connectivity index (χ4v) is 8.04. The highest BCUT2D eigenvalue weighted by atomic mass is 19.4. The first-order valence-corrected chi connectivity index (χ1v) is 13.7. The number of aliphatic hydroxyl groups is 2. The third kappa shape index (κ3) is 4.30. The Kier molecular flexibility index (Phi) is 7.12. The van der Waals surface area contributed by atoms with E-state index in [0.29, 0.717) is 25.7 Å². The third-order valence-electron chi connectivity index (χ3n) is 10.0. The molecule has 0 unspecified atom stereocenters. The average molecular weight is 555 g/mol. The van der Waals surface area contributed by atoms with Crippen molar-refractivity contribution in [3.63, 3.8) is 0 Å². The molecular formula is C30H35F5O4. The standard InChI is InChI=1S/C30H35F5O4/c1-17(39-14-13-36)18-3-5-19(6-4-18)24-16-27(2)25(11-12-28(27,38)29(31,32)30(33,34)35)23-9-7-20-15-21(37)8-10-22(20)26(23)24/h3-6,15,17,23-25,36,38H,7-14,16H2,1-2H3/t17-,23+,24-,25+,27+,28+/m1/s1. The molecular weight excluding hydrogens is 519 g/mol. The van der Waals surface area contributed by atoms with E-state index in [1.807, 2.05) is 31.2 Å². The molecule has 4 aliphatic rings. The Morgan fingerprint density at radius 3 is 2.41 bits per heavy atom. The SMILES string of the molecule is C[C@@H](OCCO)c1ccc([C@H]2C[C@@]3(C)[C@@H](CC[C@@]3(O)C(F)(F)C(F)(F)F)[C@@H]3CCC4=CC(=O)CCC4=C32)cc1. The van der Waals surface area contributed by atoms with Crippen LogP contribution in [0, 0.1) is 17.3 Å². The molecule has 4 aliphatic carbocycles. The predicted molar refractivity (Wildman–Crippen MR) is 134 cm³/mol. The molecule has 0 bridgehead atoms. The number of halogens is 5. The number of rotatable bonds is 6. The number of fused-ring (bicyclic) bond motifs is 4. The normalized spacial score (nSPS) is 33.8. The van der Waals surface area contributed by atoms with Gasteiger partial charge < -0.3 is 14.9 Å². The number of hydrogen-bond acceptors (Lipinski definition) is 4. The molecule has 1 aromatic carbocycles. The number of carbonyl (C=O) groups excluding carboxylic acids is 1. The van der Waals surface area contributed by atoms with Crippen LogP contribution in [-0.2, 0) is 9.53 Å². The highest BCUT2D eigenvalue weighted by Gasteiger charge is 2.79. The van der Waals surface area contributed by atoms with Gasteiger partial charge in [0.15, 0.2) is 5.78 Å². The molecule has 6 atom stereocenters. The van der Waals surface area contributed by atoms with Crippen LogP contribution in [0.5, 0.6) is 0 Å². The van der Waals surface area contributed by atoms with Crippen LogP contribution in [0.2, 0.25) is 0 Å². The van der Waals surface area contributed by atoms with Crippen LogP contribution in [-0.4, -0.2) is 46.9 Å². The molecule has 0 heterocycles. The first-order chi connectivity index (χ1) is 18.2. The maximum atomic E-state index is 15.1. The van der Waals surface area contributed by atoms with Gasteiger partial charge in [0.25, 0.3) is 0 Å². The van der Waals surface area contributed by atoms with E-state index in [0.717, 1.165) is 27.8 Å². The van der Waals surface area contributed by atoms with Crippen LogP contribution in [0.1, 0.15) is 81.9 Å². The van der Waals surface area contributed by atoms with Crippen molar-refractivity contribution >= 4 is 5.78 Å². The van der Waals surface area contributed by atoms with E-state index in [2.05, 4.69) is 0 Å². The molecule has 0 spiro atoms. The molecule has 2 saturated carbocycles. The number of carbonyl (C=O) groups is 1. The minimum atomic E-state index is -5.87. The lowest BCUT2D eigenvalue weighted by atomic mass is 9.50. The van der Waals surface area contributed by atoms with Crippen molar-refractivity contribution in [3.05, 3.63) is 58.2 Å². The molecule has 5 rings (SSSR count). The van der Waals surface area contributed by atoms with Gasteiger partial charge >= 0.3 is 12.1 Å². The molecule has 9 heteroatoms. The summed E-state index contributed by atoms with van der Waals surface area (Å²) >= 11 is 0. The Bertz CT molecular complexity index is 1190. The zero-order chi connectivity index (χ0) is 28.4. The van der Waals surface area contributed by atoms with Gasteiger partial charge in [0.05, 0.1) is 19.3 Å². The minimum Gasteiger partial charge on any atom is -0.394 e. The first kappa shape index (κ1) is 28.4. The summed E-state index contributed by atoms with van der Waals surface area (Å²) in [6.45, 7) is 3.32. The largest absolute Gasteiger partial charge is 0.456 e. The van der Waals surface area contributed by atoms with Crippen molar-refractivity contribution in [2.45, 2.75) is 88.5 Å². The number of ketones is 1. The summed E-state index contributed by atoms with van der Waals surface area (Å²) in [5.41, 5.74) is -0.241. The summed E-state index contributed by atoms with van der Waals surface area (Å²) in [6.07, 6.45) is -3.09. The molecule has 2 N–H and O–H groups in total. The van der Waals surface area contributed by atoms with Crippen molar-refractivity contribution in [1.82, 2.24) is 0 Å². The smallest absolute Gasteiger partial charge is 0.394 e. The molecule has 1 aromatic rings. The maximum Gasteiger partial charge on any atom is 0.456 e. The number of alkyl halides is 5. The van der Waals surface area contributed by atoms with Crippen LogP contribution in [0.3, 0.4) is 0 Å². The fourth-order valence-electron chi connectivity index (χ4n) is 8.04. The number of hydrogen-bond donors (Lipinski definition) is 2. The Balaban J connectivity index is 1.62. The predicted octanol–water partition coefficient (Wildman–Crippen LogP) is 6.58. The van der Waals surface area contributed by atoms with Crippen LogP contribution in [0.15, 0.2) is 47.1 Å². The van der Waals surface area contributed by atoms with Gasteiger partial charge in [-0.2, -0.15) is 22.0 Å². The molecule has 4 nitrogen and oxygen atoms in total. The van der Waals surface area contributed by atoms with Gasteiger partial charge in [-0.05, 0) is 85.6 Å². The van der Waals surface area contributed by atoms with Crippen molar-refractivity contribution in [2.24, 2.45) is 17.3 Å². The first-order valence-electron chi connectivity index (χ1n) is 13.7. The Labute approximate surface area is 224 Å². The molecule has 0 radical (unpaired) electrons. The second kappa shape index (κ2) is 9.77. The van der Waals surface area contributed by atoms with E-state index < -0.39 is 41.4 Å². The molecule has 0 amide bonds. The maximum absolute atomic E-state index is 15.1. The number of aliphatic hydroxyl groups excluding tert-OH is 1. The lowest BCUT2D eigenvalue weighted by Crippen LogP contribution is -2.65. The summed E-state index contributed by atoms with van der Waals surface area (Å²) < 4.78 is 76.8. The van der Waals surface area contributed by atoms with Crippen molar-refractivity contribution < 1.29 is 41.7 Å². The number of ether oxygens (including phenoxy) is 1. The second-order valence-corrected chi connectivity index (χ2v) is 11.9. The van der Waals surface area contributed by atoms with Crippen LogP contribution < -0.4 is 0 Å². The molecule has 0 aliphatic heterocycles. The summed E-state index contributed by atoms with van der Waals surface area (Å²) in [6, 6.07) is 7.41. The highest BCUT2D eigenvalue weighted by molar-refractivity contribution is 5.93. The molecule has 214 valence electrons. The number of benzene rings is 1. The molecule has 0 aromatic heterocycles. The van der Waals surface area contributed by atoms with Gasteiger partial charge in [0.1, 0.15) is 5.60 Å². The van der Waals surface area contributed by atoms with E-state index in [-0.39, 0.29) is 43.9 Å². The minimum absolute atomic E-state index is 0.0475. The number of allylic oxidation sites excluding steroid dienone is 4. The summed E-state index contributed by atoms with van der Waals surface area (Å²) in [7, 11) is 0. The topological polar surface area (TPSA) is 66.8 Å². The zero-order valence-corrected chi connectivity index (χ0v) is 22.2. The monoisotopic (exact) mass is 554 g/mol. The van der Waals surface area contributed by atoms with E-state index >= 15 is 8.78 Å². The fraction of sp³-hybridized carbons (Fsp3) is 0.633. The van der Waals surface area contributed by atoms with Gasteiger partial charge in [-0.3, -0.25) is 4.79 Å². The van der Waals surface area contributed by atoms with Gasteiger partial charge in [-0.15, -0.1) is 0 Å². The quantitative estimate of drug-likeness (QED) is 0.390. The lowest BCUT2D eigenvalue weighted by molar-refractivity contribution is -0.362. The van der Waals surface area contributed by atoms with Gasteiger partial charge in [-0.1, -0.05) is 36.8 Å². The summed E-state index contributed by atoms with van der Waals surface area (Å²) in [5.74, 6) is -6.46. The molecule has 2 fully saturated rings. The van der Waals surface area contributed by atoms with E-state index in [1.165, 1.54) is 6.92 Å². The Morgan fingerprint density at radius 2 is 1.77 bits per heavy atom. The highest BCUT2D eigenvalue weighted by Crippen LogP contribution is 2.70. The molecule has 0 saturated heterocycles. The Morgan fingerprint density at radius 1 is 1.08 bits per heavy atom. The van der Waals surface area contributed by atoms with E-state index in [4.69, 9.17) is 9.84 Å². The lowest BCUT2D eigenvalue weighted by Gasteiger charge is -2.56. The van der Waals surface area contributed by atoms with Gasteiger partial charge in [0, 0.05) is 17.8 Å². The van der Waals surface area contributed by atoms with Crippen molar-refractivity contribution in [1.29, 1.82) is 0 Å². The van der Waals surface area contributed by atoms with E-state index in [9.17, 15) is 23.1 Å². The Hall–Kier alpha value is -2.10.